The van der Waals surface area contributed by atoms with Gasteiger partial charge in [-0.05, 0) is 64.4 Å². The Kier molecular flexibility index (Phi) is 4.33. The summed E-state index contributed by atoms with van der Waals surface area (Å²) >= 11 is 3.57. The summed E-state index contributed by atoms with van der Waals surface area (Å²) in [5, 5.41) is 3.31. The molecular weight excluding hydrogens is 288 g/mol. The number of hydrogen-bond acceptors (Lipinski definition) is 2. The van der Waals surface area contributed by atoms with E-state index in [2.05, 4.69) is 64.3 Å². The van der Waals surface area contributed by atoms with Crippen LogP contribution in [0.15, 0.2) is 28.7 Å². The molecule has 1 aliphatic rings. The number of piperidine rings is 1. The summed E-state index contributed by atoms with van der Waals surface area (Å²) < 4.78 is 1.16. The number of hydrogen-bond donors (Lipinski definition) is 1. The zero-order valence-corrected chi connectivity index (χ0v) is 13.1. The summed E-state index contributed by atoms with van der Waals surface area (Å²) in [6.45, 7) is 6.96. The highest BCUT2D eigenvalue weighted by molar-refractivity contribution is 9.10. The second-order valence-corrected chi connectivity index (χ2v) is 6.78. The molecule has 0 aliphatic carbocycles. The van der Waals surface area contributed by atoms with Crippen LogP contribution in [0.25, 0.3) is 0 Å². The fraction of sp³-hybridized carbons (Fsp3) is 0.600. The number of benzene rings is 1. The molecule has 2 rings (SSSR count). The smallest absolute Gasteiger partial charge is 0.0382 e. The van der Waals surface area contributed by atoms with Gasteiger partial charge in [-0.1, -0.05) is 22.0 Å². The monoisotopic (exact) mass is 310 g/mol. The summed E-state index contributed by atoms with van der Waals surface area (Å²) in [6, 6.07) is 8.65. The minimum absolute atomic E-state index is 0.255. The van der Waals surface area contributed by atoms with Crippen LogP contribution in [0.5, 0.6) is 0 Å². The van der Waals surface area contributed by atoms with E-state index < -0.39 is 0 Å². The molecule has 1 aromatic rings. The third-order valence-electron chi connectivity index (χ3n) is 3.95. The molecule has 1 unspecified atom stereocenters. The lowest BCUT2D eigenvalue weighted by molar-refractivity contribution is 0.287. The van der Waals surface area contributed by atoms with Crippen LogP contribution in [-0.4, -0.2) is 25.7 Å². The lowest BCUT2D eigenvalue weighted by atomic mass is 9.84. The van der Waals surface area contributed by atoms with E-state index in [1.165, 1.54) is 18.5 Å². The Morgan fingerprint density at radius 1 is 1.44 bits per heavy atom. The third kappa shape index (κ3) is 3.07. The van der Waals surface area contributed by atoms with E-state index in [4.69, 9.17) is 0 Å². The highest BCUT2D eigenvalue weighted by atomic mass is 79.9. The van der Waals surface area contributed by atoms with Gasteiger partial charge >= 0.3 is 0 Å². The van der Waals surface area contributed by atoms with E-state index in [0.717, 1.165) is 23.5 Å². The molecular formula is C15H23BrN2. The first-order valence-corrected chi connectivity index (χ1v) is 7.50. The maximum atomic E-state index is 3.57. The molecule has 1 atom stereocenters. The van der Waals surface area contributed by atoms with E-state index >= 15 is 0 Å². The molecule has 1 saturated heterocycles. The summed E-state index contributed by atoms with van der Waals surface area (Å²) in [4.78, 5) is 2.56. The van der Waals surface area contributed by atoms with Crippen molar-refractivity contribution < 1.29 is 0 Å². The van der Waals surface area contributed by atoms with Crippen LogP contribution in [0.3, 0.4) is 0 Å². The van der Waals surface area contributed by atoms with E-state index in [9.17, 15) is 0 Å². The predicted molar refractivity (Wildman–Crippen MR) is 82.2 cm³/mol. The number of anilines is 1. The maximum absolute atomic E-state index is 3.57. The van der Waals surface area contributed by atoms with E-state index in [1.807, 2.05) is 7.05 Å². The minimum atomic E-state index is 0.255. The van der Waals surface area contributed by atoms with Gasteiger partial charge in [-0.2, -0.15) is 0 Å². The van der Waals surface area contributed by atoms with Crippen molar-refractivity contribution in [3.63, 3.8) is 0 Å². The van der Waals surface area contributed by atoms with Crippen LogP contribution in [0, 0.1) is 5.92 Å². The first-order valence-electron chi connectivity index (χ1n) is 6.71. The zero-order chi connectivity index (χ0) is 13.2. The van der Waals surface area contributed by atoms with Crippen LogP contribution in [0.2, 0.25) is 0 Å². The fourth-order valence-electron chi connectivity index (χ4n) is 2.84. The largest absolute Gasteiger partial charge is 0.366 e. The van der Waals surface area contributed by atoms with Gasteiger partial charge in [-0.25, -0.2) is 0 Å². The molecule has 0 aromatic heterocycles. The lowest BCUT2D eigenvalue weighted by Gasteiger charge is -2.47. The van der Waals surface area contributed by atoms with Gasteiger partial charge in [0.25, 0.3) is 0 Å². The van der Waals surface area contributed by atoms with E-state index in [0.29, 0.717) is 0 Å². The zero-order valence-electron chi connectivity index (χ0n) is 11.5. The minimum Gasteiger partial charge on any atom is -0.366 e. The van der Waals surface area contributed by atoms with Gasteiger partial charge in [-0.15, -0.1) is 0 Å². The Morgan fingerprint density at radius 3 is 2.89 bits per heavy atom. The summed E-state index contributed by atoms with van der Waals surface area (Å²) in [5.74, 6) is 0.752. The molecule has 0 amide bonds. The van der Waals surface area contributed by atoms with Crippen LogP contribution in [0.1, 0.15) is 26.7 Å². The van der Waals surface area contributed by atoms with Crippen molar-refractivity contribution in [3.8, 4) is 0 Å². The van der Waals surface area contributed by atoms with Crippen molar-refractivity contribution in [2.75, 3.05) is 25.0 Å². The SMILES string of the molecule is CNCC1CCC(C)(C)N(c2cccc(Br)c2)C1. The van der Waals surface area contributed by atoms with Crippen LogP contribution in [-0.2, 0) is 0 Å². The molecule has 0 radical (unpaired) electrons. The topological polar surface area (TPSA) is 15.3 Å². The van der Waals surface area contributed by atoms with Crippen molar-refractivity contribution in [2.24, 2.45) is 5.92 Å². The second-order valence-electron chi connectivity index (χ2n) is 5.87. The molecule has 0 spiro atoms. The average Bonchev–Trinajstić information content (AvgIpc) is 2.31. The molecule has 0 saturated carbocycles. The van der Waals surface area contributed by atoms with Crippen LogP contribution >= 0.6 is 15.9 Å². The Morgan fingerprint density at radius 2 is 2.22 bits per heavy atom. The quantitative estimate of drug-likeness (QED) is 0.916. The number of nitrogens with one attached hydrogen (secondary N) is 1. The molecule has 1 fully saturated rings. The van der Waals surface area contributed by atoms with Gasteiger partial charge < -0.3 is 10.2 Å². The Labute approximate surface area is 119 Å². The van der Waals surface area contributed by atoms with Crippen LogP contribution < -0.4 is 10.2 Å². The number of nitrogens with zero attached hydrogens (tertiary/aromatic N) is 1. The molecule has 2 nitrogen and oxygen atoms in total. The van der Waals surface area contributed by atoms with Crippen LogP contribution in [0.4, 0.5) is 5.69 Å². The number of rotatable bonds is 3. The first kappa shape index (κ1) is 13.9. The molecule has 1 aromatic carbocycles. The molecule has 18 heavy (non-hydrogen) atoms. The second kappa shape index (κ2) is 5.62. The molecule has 0 bridgehead atoms. The molecule has 3 heteroatoms. The highest BCUT2D eigenvalue weighted by Gasteiger charge is 2.33. The lowest BCUT2D eigenvalue weighted by Crippen LogP contribution is -2.52. The van der Waals surface area contributed by atoms with Gasteiger partial charge in [0.1, 0.15) is 0 Å². The standard InChI is InChI=1S/C15H23BrN2/c1-15(2)8-7-12(10-17-3)11-18(15)14-6-4-5-13(16)9-14/h4-6,9,12,17H,7-8,10-11H2,1-3H3. The van der Waals surface area contributed by atoms with Crippen molar-refractivity contribution in [1.29, 1.82) is 0 Å². The fourth-order valence-corrected chi connectivity index (χ4v) is 3.23. The molecule has 1 aliphatic heterocycles. The van der Waals surface area contributed by atoms with Gasteiger partial charge in [-0.3, -0.25) is 0 Å². The third-order valence-corrected chi connectivity index (χ3v) is 4.44. The molecule has 1 heterocycles. The molecule has 1 N–H and O–H groups in total. The average molecular weight is 311 g/mol. The summed E-state index contributed by atoms with van der Waals surface area (Å²) in [7, 11) is 2.04. The maximum Gasteiger partial charge on any atom is 0.0382 e. The van der Waals surface area contributed by atoms with Crippen molar-refractivity contribution in [2.45, 2.75) is 32.2 Å². The highest BCUT2D eigenvalue weighted by Crippen LogP contribution is 2.35. The van der Waals surface area contributed by atoms with E-state index in [1.54, 1.807) is 0 Å². The Bertz CT molecular complexity index is 403. The van der Waals surface area contributed by atoms with Crippen molar-refractivity contribution in [1.82, 2.24) is 5.32 Å². The van der Waals surface area contributed by atoms with E-state index in [-0.39, 0.29) is 5.54 Å². The Hall–Kier alpha value is -0.540. The van der Waals surface area contributed by atoms with Gasteiger partial charge in [0.15, 0.2) is 0 Å². The van der Waals surface area contributed by atoms with Gasteiger partial charge in [0.05, 0.1) is 0 Å². The predicted octanol–water partition coefficient (Wildman–Crippen LogP) is 3.66. The molecule has 100 valence electrons. The number of halogens is 1. The normalized spacial score (nSPS) is 23.1. The summed E-state index contributed by atoms with van der Waals surface area (Å²) in [6.07, 6.45) is 2.57. The first-order chi connectivity index (χ1) is 8.53. The summed E-state index contributed by atoms with van der Waals surface area (Å²) in [5.41, 5.74) is 1.58. The van der Waals surface area contributed by atoms with Gasteiger partial charge in [0, 0.05) is 22.2 Å². The van der Waals surface area contributed by atoms with Crippen molar-refractivity contribution in [3.05, 3.63) is 28.7 Å². The van der Waals surface area contributed by atoms with Gasteiger partial charge in [0.2, 0.25) is 0 Å². The van der Waals surface area contributed by atoms with Crippen molar-refractivity contribution >= 4 is 21.6 Å². The Balaban J connectivity index is 2.21.